The fourth-order valence-electron chi connectivity index (χ4n) is 3.81. The second-order valence-electron chi connectivity index (χ2n) is 7.16. The van der Waals surface area contributed by atoms with Crippen LogP contribution in [-0.4, -0.2) is 50.1 Å². The molecule has 142 valence electrons. The molecule has 0 radical (unpaired) electrons. The molecular formula is C20H23N2O5+. The van der Waals surface area contributed by atoms with Gasteiger partial charge in [-0.1, -0.05) is 30.3 Å². The Balaban J connectivity index is 1.79. The highest BCUT2D eigenvalue weighted by Crippen LogP contribution is 2.37. The molecule has 7 heteroatoms. The minimum absolute atomic E-state index is 0.0115. The average molecular weight is 371 g/mol. The van der Waals surface area contributed by atoms with E-state index in [1.165, 1.54) is 0 Å². The predicted octanol–water partition coefficient (Wildman–Crippen LogP) is 2.98. The number of aliphatic hydroxyl groups is 1. The number of carbonyl (C=O) groups is 2. The molecule has 1 fully saturated rings. The monoisotopic (exact) mass is 371 g/mol. The minimum Gasteiger partial charge on any atom is -0.435 e. The van der Waals surface area contributed by atoms with Gasteiger partial charge in [0.25, 0.3) is 0 Å². The molecule has 0 spiro atoms. The molecule has 1 aromatic heterocycles. The molecule has 2 heterocycles. The van der Waals surface area contributed by atoms with E-state index >= 15 is 0 Å². The second kappa shape index (κ2) is 7.46. The van der Waals surface area contributed by atoms with Crippen molar-refractivity contribution < 1.29 is 29.0 Å². The molecule has 3 rings (SSSR count). The van der Waals surface area contributed by atoms with E-state index in [2.05, 4.69) is 4.98 Å². The summed E-state index contributed by atoms with van der Waals surface area (Å²) < 4.78 is 4.39. The van der Waals surface area contributed by atoms with Crippen LogP contribution in [0.15, 0.2) is 54.9 Å². The number of nitrogens with zero attached hydrogens (tertiary/aromatic N) is 2. The van der Waals surface area contributed by atoms with E-state index in [-0.39, 0.29) is 26.0 Å². The molecule has 1 saturated heterocycles. The molecule has 1 aliphatic rings. The van der Waals surface area contributed by atoms with E-state index in [0.717, 1.165) is 11.1 Å². The number of carboxylic acid groups (broad SMARTS) is 1. The molecule has 1 aromatic carbocycles. The van der Waals surface area contributed by atoms with Gasteiger partial charge in [-0.15, -0.1) is 4.48 Å². The first-order chi connectivity index (χ1) is 12.9. The lowest BCUT2D eigenvalue weighted by molar-refractivity contribution is -0.798. The Morgan fingerprint density at radius 3 is 2.48 bits per heavy atom. The number of rotatable bonds is 4. The van der Waals surface area contributed by atoms with Crippen molar-refractivity contribution >= 4 is 12.2 Å². The first-order valence-corrected chi connectivity index (χ1v) is 8.79. The summed E-state index contributed by atoms with van der Waals surface area (Å²) in [6.07, 6.45) is 1.49. The molecule has 2 unspecified atom stereocenters. The molecule has 7 nitrogen and oxygen atoms in total. The Morgan fingerprint density at radius 1 is 1.19 bits per heavy atom. The molecule has 0 bridgehead atoms. The third-order valence-corrected chi connectivity index (χ3v) is 5.13. The topological polar surface area (TPSA) is 96.7 Å². The van der Waals surface area contributed by atoms with Crippen LogP contribution >= 0.6 is 0 Å². The summed E-state index contributed by atoms with van der Waals surface area (Å²) in [6, 6.07) is 12.0. The lowest BCUT2D eigenvalue weighted by Crippen LogP contribution is -2.60. The number of benzene rings is 1. The van der Waals surface area contributed by atoms with Gasteiger partial charge >= 0.3 is 12.2 Å². The summed E-state index contributed by atoms with van der Waals surface area (Å²) in [5.41, 5.74) is 0.293. The van der Waals surface area contributed by atoms with Crippen molar-refractivity contribution in [3.63, 3.8) is 0 Å². The number of likely N-dealkylation sites (tertiary alicyclic amines) is 1. The molecule has 2 amide bonds. The predicted molar refractivity (Wildman–Crippen MR) is 96.7 cm³/mol. The van der Waals surface area contributed by atoms with E-state index in [1.54, 1.807) is 43.6 Å². The molecule has 2 aromatic rings. The van der Waals surface area contributed by atoms with Crippen LogP contribution in [0.5, 0.6) is 0 Å². The maximum atomic E-state index is 12.8. The van der Waals surface area contributed by atoms with E-state index in [1.807, 2.05) is 18.2 Å². The smallest absolute Gasteiger partial charge is 0.435 e. The van der Waals surface area contributed by atoms with E-state index < -0.39 is 28.3 Å². The number of pyridine rings is 1. The molecule has 3 atom stereocenters. The Labute approximate surface area is 157 Å². The highest BCUT2D eigenvalue weighted by Gasteiger charge is 2.63. The largest absolute Gasteiger partial charge is 0.527 e. The van der Waals surface area contributed by atoms with Crippen molar-refractivity contribution in [3.05, 3.63) is 66.0 Å². The molecule has 27 heavy (non-hydrogen) atoms. The lowest BCUT2D eigenvalue weighted by Gasteiger charge is -2.29. The van der Waals surface area contributed by atoms with Gasteiger partial charge in [-0.2, -0.15) is 9.59 Å². The van der Waals surface area contributed by atoms with Gasteiger partial charge in [0.1, 0.15) is 24.8 Å². The van der Waals surface area contributed by atoms with E-state index in [0.29, 0.717) is 0 Å². The maximum absolute atomic E-state index is 12.8. The highest BCUT2D eigenvalue weighted by atomic mass is 16.6. The third-order valence-electron chi connectivity index (χ3n) is 5.13. The number of imide groups is 1. The van der Waals surface area contributed by atoms with Crippen LogP contribution in [0.25, 0.3) is 0 Å². The van der Waals surface area contributed by atoms with Crippen LogP contribution in [0.2, 0.25) is 0 Å². The van der Waals surface area contributed by atoms with Gasteiger partial charge in [0.2, 0.25) is 0 Å². The Kier molecular flexibility index (Phi) is 5.25. The number of amides is 2. The number of quaternary nitrogens is 1. The summed E-state index contributed by atoms with van der Waals surface area (Å²) in [5.74, 6) is 0. The molecular weight excluding hydrogens is 348 g/mol. The molecule has 0 saturated carbocycles. The van der Waals surface area contributed by atoms with Crippen LogP contribution in [0.3, 0.4) is 0 Å². The summed E-state index contributed by atoms with van der Waals surface area (Å²) in [7, 11) is 0. The Morgan fingerprint density at radius 2 is 1.85 bits per heavy atom. The first kappa shape index (κ1) is 19.0. The van der Waals surface area contributed by atoms with Crippen molar-refractivity contribution in [2.24, 2.45) is 0 Å². The van der Waals surface area contributed by atoms with Crippen molar-refractivity contribution in [2.45, 2.75) is 38.0 Å². The van der Waals surface area contributed by atoms with E-state index in [9.17, 15) is 19.8 Å². The fourth-order valence-corrected chi connectivity index (χ4v) is 3.81. The SMILES string of the molecule is C[C@@H]1CC(O)(Cc2ccncc2)C[N+]1(C(=O)O)C(=O)OCc1ccccc1. The summed E-state index contributed by atoms with van der Waals surface area (Å²) >= 11 is 0. The van der Waals surface area contributed by atoms with Gasteiger partial charge in [0.15, 0.2) is 0 Å². The Hall–Kier alpha value is -2.77. The van der Waals surface area contributed by atoms with Crippen molar-refractivity contribution in [1.82, 2.24) is 4.98 Å². The fraction of sp³-hybridized carbons (Fsp3) is 0.350. The van der Waals surface area contributed by atoms with Crippen LogP contribution in [0.4, 0.5) is 9.59 Å². The van der Waals surface area contributed by atoms with Gasteiger partial charge < -0.3 is 14.9 Å². The maximum Gasteiger partial charge on any atom is 0.527 e. The van der Waals surface area contributed by atoms with Gasteiger partial charge in [-0.05, 0) is 30.2 Å². The Bertz CT molecular complexity index is 814. The second-order valence-corrected chi connectivity index (χ2v) is 7.16. The molecule has 2 N–H and O–H groups in total. The van der Waals surface area contributed by atoms with Crippen LogP contribution in [0, 0.1) is 0 Å². The summed E-state index contributed by atoms with van der Waals surface area (Å²) in [4.78, 5) is 28.8. The average Bonchev–Trinajstić information content (AvgIpc) is 2.93. The third kappa shape index (κ3) is 3.84. The zero-order valence-electron chi connectivity index (χ0n) is 15.1. The number of aromatic nitrogens is 1. The van der Waals surface area contributed by atoms with Crippen molar-refractivity contribution in [2.75, 3.05) is 6.54 Å². The number of hydrogen-bond acceptors (Lipinski definition) is 5. The minimum atomic E-state index is -1.31. The van der Waals surface area contributed by atoms with Crippen molar-refractivity contribution in [3.8, 4) is 0 Å². The normalized spacial score (nSPS) is 27.3. The van der Waals surface area contributed by atoms with E-state index in [4.69, 9.17) is 4.74 Å². The van der Waals surface area contributed by atoms with Crippen LogP contribution < -0.4 is 0 Å². The van der Waals surface area contributed by atoms with Crippen molar-refractivity contribution in [1.29, 1.82) is 0 Å². The standard InChI is InChI=1S/C20H22N2O5/c1-15-11-20(26,12-16-7-9-21-10-8-16)14-22(15,18(23)24)19(25)27-13-17-5-3-2-4-6-17/h2-10,15,26H,11-14H2,1H3/p+1/t15-,20?,22?/m1/s1. The highest BCUT2D eigenvalue weighted by molar-refractivity contribution is 5.76. The van der Waals surface area contributed by atoms with Gasteiger partial charge in [-0.3, -0.25) is 4.98 Å². The quantitative estimate of drug-likeness (QED) is 0.802. The van der Waals surface area contributed by atoms with Gasteiger partial charge in [0, 0.05) is 25.2 Å². The van der Waals surface area contributed by atoms with Crippen LogP contribution in [0.1, 0.15) is 24.5 Å². The number of ether oxygens (including phenoxy) is 1. The lowest BCUT2D eigenvalue weighted by atomic mass is 9.93. The zero-order valence-corrected chi connectivity index (χ0v) is 15.1. The first-order valence-electron chi connectivity index (χ1n) is 8.79. The molecule has 0 aliphatic carbocycles. The summed E-state index contributed by atoms with van der Waals surface area (Å²) in [5, 5.41) is 20.9. The number of carbonyl (C=O) groups excluding carboxylic acids is 1. The van der Waals surface area contributed by atoms with Gasteiger partial charge in [-0.25, -0.2) is 0 Å². The number of hydrogen-bond donors (Lipinski definition) is 2. The zero-order chi connectivity index (χ0) is 19.5. The molecule has 1 aliphatic heterocycles. The van der Waals surface area contributed by atoms with Crippen LogP contribution in [-0.2, 0) is 17.8 Å². The summed E-state index contributed by atoms with van der Waals surface area (Å²) in [6.45, 7) is 1.41. The van der Waals surface area contributed by atoms with Gasteiger partial charge in [0.05, 0.1) is 0 Å².